The molecule has 6 heteroatoms. The highest BCUT2D eigenvalue weighted by molar-refractivity contribution is 5.80. The number of hydrogen-bond acceptors (Lipinski definition) is 4. The second-order valence-electron chi connectivity index (χ2n) is 7.52. The molecule has 3 rings (SSSR count). The Morgan fingerprint density at radius 2 is 2.07 bits per heavy atom. The molecule has 1 heterocycles. The Labute approximate surface area is 166 Å². The summed E-state index contributed by atoms with van der Waals surface area (Å²) in [7, 11) is 1.62. The smallest absolute Gasteiger partial charge is 0.261 e. The molecule has 0 spiro atoms. The van der Waals surface area contributed by atoms with E-state index in [2.05, 4.69) is 13.8 Å². The summed E-state index contributed by atoms with van der Waals surface area (Å²) in [6.07, 6.45) is 4.66. The van der Waals surface area contributed by atoms with E-state index in [4.69, 9.17) is 9.72 Å². The van der Waals surface area contributed by atoms with Gasteiger partial charge < -0.3 is 9.64 Å². The SMILES string of the molecule is CCCN(C(=O)C1CCC1)C(CC)c1nc2ccccc2c(=O)n1CCOC. The average molecular weight is 386 g/mol. The minimum Gasteiger partial charge on any atom is -0.383 e. The maximum Gasteiger partial charge on any atom is 0.261 e. The van der Waals surface area contributed by atoms with Gasteiger partial charge in [0.25, 0.3) is 5.56 Å². The number of aromatic nitrogens is 2. The van der Waals surface area contributed by atoms with Crippen molar-refractivity contribution in [3.8, 4) is 0 Å². The fourth-order valence-corrected chi connectivity index (χ4v) is 3.93. The Morgan fingerprint density at radius 1 is 1.32 bits per heavy atom. The fourth-order valence-electron chi connectivity index (χ4n) is 3.93. The molecule has 6 nitrogen and oxygen atoms in total. The van der Waals surface area contributed by atoms with Gasteiger partial charge in [-0.1, -0.05) is 32.4 Å². The lowest BCUT2D eigenvalue weighted by Gasteiger charge is -2.37. The van der Waals surface area contributed by atoms with Crippen LogP contribution in [0.5, 0.6) is 0 Å². The van der Waals surface area contributed by atoms with Gasteiger partial charge in [-0.2, -0.15) is 0 Å². The molecule has 1 aliphatic carbocycles. The molecule has 0 bridgehead atoms. The Balaban J connectivity index is 2.10. The van der Waals surface area contributed by atoms with E-state index >= 15 is 0 Å². The van der Waals surface area contributed by atoms with Crippen molar-refractivity contribution >= 4 is 16.8 Å². The number of amides is 1. The van der Waals surface area contributed by atoms with Crippen LogP contribution in [0.1, 0.15) is 57.8 Å². The summed E-state index contributed by atoms with van der Waals surface area (Å²) in [6, 6.07) is 7.21. The summed E-state index contributed by atoms with van der Waals surface area (Å²) in [5, 5.41) is 0.601. The Hall–Kier alpha value is -2.21. The van der Waals surface area contributed by atoms with Gasteiger partial charge in [0.1, 0.15) is 5.82 Å². The van der Waals surface area contributed by atoms with Gasteiger partial charge in [0.15, 0.2) is 0 Å². The van der Waals surface area contributed by atoms with Crippen LogP contribution in [0.2, 0.25) is 0 Å². The van der Waals surface area contributed by atoms with Crippen molar-refractivity contribution in [2.75, 3.05) is 20.3 Å². The number of carbonyl (C=O) groups excluding carboxylic acids is 1. The van der Waals surface area contributed by atoms with Gasteiger partial charge >= 0.3 is 0 Å². The van der Waals surface area contributed by atoms with Gasteiger partial charge in [-0.25, -0.2) is 4.98 Å². The van der Waals surface area contributed by atoms with Gasteiger partial charge in [0.05, 0.1) is 30.1 Å². The molecule has 0 saturated heterocycles. The van der Waals surface area contributed by atoms with Crippen molar-refractivity contribution < 1.29 is 9.53 Å². The maximum atomic E-state index is 13.2. The van der Waals surface area contributed by atoms with Crippen molar-refractivity contribution in [3.05, 3.63) is 40.4 Å². The second kappa shape index (κ2) is 9.32. The zero-order valence-corrected chi connectivity index (χ0v) is 17.2. The molecular weight excluding hydrogens is 354 g/mol. The van der Waals surface area contributed by atoms with E-state index in [1.165, 1.54) is 0 Å². The topological polar surface area (TPSA) is 64.4 Å². The highest BCUT2D eigenvalue weighted by atomic mass is 16.5. The molecule has 28 heavy (non-hydrogen) atoms. The summed E-state index contributed by atoms with van der Waals surface area (Å²) in [4.78, 5) is 33.2. The second-order valence-corrected chi connectivity index (χ2v) is 7.52. The lowest BCUT2D eigenvalue weighted by molar-refractivity contribution is -0.141. The third-order valence-corrected chi connectivity index (χ3v) is 5.67. The molecule has 1 saturated carbocycles. The fraction of sp³-hybridized carbons (Fsp3) is 0.591. The number of fused-ring (bicyclic) bond motifs is 1. The molecule has 1 amide bonds. The number of methoxy groups -OCH3 is 1. The van der Waals surface area contributed by atoms with Crippen LogP contribution < -0.4 is 5.56 Å². The zero-order valence-electron chi connectivity index (χ0n) is 17.2. The van der Waals surface area contributed by atoms with Gasteiger partial charge in [0.2, 0.25) is 5.91 Å². The molecule has 2 aromatic rings. The predicted octanol–water partition coefficient (Wildman–Crippen LogP) is 3.53. The third-order valence-electron chi connectivity index (χ3n) is 5.67. The number of benzene rings is 1. The van der Waals surface area contributed by atoms with E-state index in [0.29, 0.717) is 36.4 Å². The third kappa shape index (κ3) is 3.97. The first-order chi connectivity index (χ1) is 13.6. The van der Waals surface area contributed by atoms with Gasteiger partial charge in [-0.15, -0.1) is 0 Å². The number of rotatable bonds is 9. The molecule has 1 fully saturated rings. The van der Waals surface area contributed by atoms with Crippen LogP contribution in [-0.2, 0) is 16.1 Å². The lowest BCUT2D eigenvalue weighted by Crippen LogP contribution is -2.43. The number of hydrogen-bond donors (Lipinski definition) is 0. The molecule has 1 aliphatic rings. The Morgan fingerprint density at radius 3 is 2.68 bits per heavy atom. The monoisotopic (exact) mass is 385 g/mol. The maximum absolute atomic E-state index is 13.2. The van der Waals surface area contributed by atoms with E-state index in [0.717, 1.165) is 32.1 Å². The minimum atomic E-state index is -0.206. The van der Waals surface area contributed by atoms with Crippen LogP contribution in [0.15, 0.2) is 29.1 Å². The summed E-state index contributed by atoms with van der Waals surface area (Å²) in [6.45, 7) is 5.67. The van der Waals surface area contributed by atoms with Gasteiger partial charge in [0, 0.05) is 19.6 Å². The molecular formula is C22H31N3O3. The normalized spacial score (nSPS) is 15.4. The van der Waals surface area contributed by atoms with E-state index in [1.54, 1.807) is 11.7 Å². The van der Waals surface area contributed by atoms with E-state index < -0.39 is 0 Å². The molecule has 0 N–H and O–H groups in total. The summed E-state index contributed by atoms with van der Waals surface area (Å²) in [5.74, 6) is 1.00. The minimum absolute atomic E-state index is 0.0661. The van der Waals surface area contributed by atoms with Crippen LogP contribution in [0.3, 0.4) is 0 Å². The number of para-hydroxylation sites is 1. The van der Waals surface area contributed by atoms with Gasteiger partial charge in [-0.05, 0) is 37.8 Å². The first-order valence-electron chi connectivity index (χ1n) is 10.4. The van der Waals surface area contributed by atoms with E-state index in [1.807, 2.05) is 29.2 Å². The Kier molecular flexibility index (Phi) is 6.83. The quantitative estimate of drug-likeness (QED) is 0.662. The van der Waals surface area contributed by atoms with Crippen LogP contribution in [0, 0.1) is 5.92 Å². The largest absolute Gasteiger partial charge is 0.383 e. The van der Waals surface area contributed by atoms with Crippen molar-refractivity contribution in [1.29, 1.82) is 0 Å². The number of ether oxygens (including phenoxy) is 1. The van der Waals surface area contributed by atoms with Crippen LogP contribution in [0.4, 0.5) is 0 Å². The summed E-state index contributed by atoms with van der Waals surface area (Å²) >= 11 is 0. The molecule has 1 unspecified atom stereocenters. The number of carbonyl (C=O) groups is 1. The summed E-state index contributed by atoms with van der Waals surface area (Å²) < 4.78 is 6.94. The zero-order chi connectivity index (χ0) is 20.1. The van der Waals surface area contributed by atoms with E-state index in [-0.39, 0.29) is 23.4 Å². The van der Waals surface area contributed by atoms with Crippen LogP contribution in [0.25, 0.3) is 10.9 Å². The van der Waals surface area contributed by atoms with E-state index in [9.17, 15) is 9.59 Å². The highest BCUT2D eigenvalue weighted by Gasteiger charge is 2.34. The molecule has 1 aromatic heterocycles. The van der Waals surface area contributed by atoms with Crippen LogP contribution in [-0.4, -0.2) is 40.6 Å². The highest BCUT2D eigenvalue weighted by Crippen LogP contribution is 2.33. The summed E-state index contributed by atoms with van der Waals surface area (Å²) in [5.41, 5.74) is 0.616. The van der Waals surface area contributed by atoms with Gasteiger partial charge in [-0.3, -0.25) is 14.2 Å². The van der Waals surface area contributed by atoms with Crippen molar-refractivity contribution in [2.45, 2.75) is 58.5 Å². The molecule has 0 radical (unpaired) electrons. The number of nitrogens with zero attached hydrogens (tertiary/aromatic N) is 3. The molecule has 1 atom stereocenters. The standard InChI is InChI=1S/C22H31N3O3/c1-4-13-24(21(26)16-9-8-10-16)19(5-2)20-23-18-12-7-6-11-17(18)22(27)25(20)14-15-28-3/h6-7,11-12,16,19H,4-5,8-10,13-15H2,1-3H3. The van der Waals surface area contributed by atoms with Crippen LogP contribution >= 0.6 is 0 Å². The molecule has 1 aromatic carbocycles. The van der Waals surface area contributed by atoms with Crippen molar-refractivity contribution in [1.82, 2.24) is 14.5 Å². The Bertz CT molecular complexity index is 873. The lowest BCUT2D eigenvalue weighted by atomic mass is 9.84. The average Bonchev–Trinajstić information content (AvgIpc) is 2.66. The molecule has 152 valence electrons. The van der Waals surface area contributed by atoms with Crippen molar-refractivity contribution in [3.63, 3.8) is 0 Å². The first kappa shape index (κ1) is 20.5. The van der Waals surface area contributed by atoms with Crippen molar-refractivity contribution in [2.24, 2.45) is 5.92 Å². The first-order valence-corrected chi connectivity index (χ1v) is 10.4. The predicted molar refractivity (Wildman–Crippen MR) is 110 cm³/mol. The molecule has 0 aliphatic heterocycles.